The number of hydrogen-bond acceptors (Lipinski definition) is 10. The predicted molar refractivity (Wildman–Crippen MR) is 173 cm³/mol. The number of hydrogen-bond donors (Lipinski definition) is 4. The van der Waals surface area contributed by atoms with Crippen LogP contribution in [0.3, 0.4) is 0 Å². The highest BCUT2D eigenvalue weighted by molar-refractivity contribution is 8.00. The van der Waals surface area contributed by atoms with Gasteiger partial charge >= 0.3 is 5.97 Å². The zero-order chi connectivity index (χ0) is 32.2. The van der Waals surface area contributed by atoms with E-state index in [1.807, 2.05) is 0 Å². The molecule has 4 aromatic rings. The third kappa shape index (κ3) is 9.95. The summed E-state index contributed by atoms with van der Waals surface area (Å²) < 4.78 is 10.3. The van der Waals surface area contributed by atoms with E-state index in [1.54, 1.807) is 73.0 Å². The lowest BCUT2D eigenvalue weighted by atomic mass is 10.1. The first-order valence-corrected chi connectivity index (χ1v) is 15.5. The number of esters is 1. The van der Waals surface area contributed by atoms with Gasteiger partial charge in [0.2, 0.25) is 5.91 Å². The quantitative estimate of drug-likeness (QED) is 0.0882. The molecule has 0 bridgehead atoms. The Bertz CT molecular complexity index is 1710. The summed E-state index contributed by atoms with van der Waals surface area (Å²) in [5.41, 5.74) is 1.71. The maximum Gasteiger partial charge on any atom is 0.311 e. The van der Waals surface area contributed by atoms with Crippen LogP contribution in [0.1, 0.15) is 28.5 Å². The van der Waals surface area contributed by atoms with Gasteiger partial charge in [0, 0.05) is 33.2 Å². The minimum Gasteiger partial charge on any atom is -0.508 e. The lowest BCUT2D eigenvalue weighted by Gasteiger charge is -2.13. The number of aromatic nitrogens is 1. The Morgan fingerprint density at radius 2 is 1.80 bits per heavy atom. The second kappa shape index (κ2) is 16.1. The minimum atomic E-state index is -0.600. The Labute approximate surface area is 267 Å². The number of anilines is 2. The summed E-state index contributed by atoms with van der Waals surface area (Å²) in [6.45, 7) is 2.01. The maximum absolute atomic E-state index is 13.4. The molecular formula is C32H30N4O7S2. The molecular weight excluding hydrogens is 617 g/mol. The smallest absolute Gasteiger partial charge is 0.311 e. The molecule has 0 atom stereocenters. The molecule has 4 N–H and O–H groups in total. The van der Waals surface area contributed by atoms with Gasteiger partial charge in [-0.05, 0) is 55.5 Å². The number of aromatic hydroxyl groups is 1. The molecule has 45 heavy (non-hydrogen) atoms. The van der Waals surface area contributed by atoms with Crippen LogP contribution in [-0.4, -0.2) is 53.3 Å². The van der Waals surface area contributed by atoms with Crippen LogP contribution in [0.25, 0.3) is 6.08 Å². The number of methoxy groups -OCH3 is 1. The van der Waals surface area contributed by atoms with E-state index in [4.69, 9.17) is 9.47 Å². The number of benzene rings is 3. The zero-order valence-electron chi connectivity index (χ0n) is 24.4. The summed E-state index contributed by atoms with van der Waals surface area (Å²) in [5.74, 6) is -1.40. The van der Waals surface area contributed by atoms with Gasteiger partial charge in [-0.3, -0.25) is 19.2 Å². The number of rotatable bonds is 13. The van der Waals surface area contributed by atoms with E-state index in [0.29, 0.717) is 38.3 Å². The van der Waals surface area contributed by atoms with Gasteiger partial charge in [-0.1, -0.05) is 24.3 Å². The van der Waals surface area contributed by atoms with E-state index in [2.05, 4.69) is 20.9 Å². The van der Waals surface area contributed by atoms with Crippen molar-refractivity contribution in [2.24, 2.45) is 0 Å². The lowest BCUT2D eigenvalue weighted by molar-refractivity contribution is -0.142. The van der Waals surface area contributed by atoms with Gasteiger partial charge in [-0.2, -0.15) is 0 Å². The van der Waals surface area contributed by atoms with E-state index in [9.17, 15) is 24.3 Å². The van der Waals surface area contributed by atoms with Gasteiger partial charge < -0.3 is 30.5 Å². The topological polar surface area (TPSA) is 156 Å². The van der Waals surface area contributed by atoms with Crippen LogP contribution >= 0.6 is 23.1 Å². The highest BCUT2D eigenvalue weighted by Gasteiger charge is 2.17. The second-order valence-electron chi connectivity index (χ2n) is 9.25. The van der Waals surface area contributed by atoms with Crippen LogP contribution in [-0.2, 0) is 25.5 Å². The number of nitrogens with one attached hydrogen (secondary N) is 3. The van der Waals surface area contributed by atoms with Crippen LogP contribution in [0.4, 0.5) is 10.8 Å². The van der Waals surface area contributed by atoms with Crippen molar-refractivity contribution in [3.05, 3.63) is 101 Å². The van der Waals surface area contributed by atoms with Crippen molar-refractivity contribution < 1.29 is 33.8 Å². The number of nitrogens with zero attached hydrogens (tertiary/aromatic N) is 1. The summed E-state index contributed by atoms with van der Waals surface area (Å²) in [4.78, 5) is 55.5. The molecule has 1 heterocycles. The molecule has 0 aliphatic rings. The SMILES string of the molecule is CCOC(=O)Cc1csc(NC(=O)CSc2cccc(NC(=O)/C(=C\c3ccc(O)cc3OC)NC(=O)c3ccccc3)c2)n1. The number of phenols is 1. The number of phenolic OH excluding ortho intramolecular Hbond substituents is 1. The van der Waals surface area contributed by atoms with Crippen LogP contribution in [0.5, 0.6) is 11.5 Å². The largest absolute Gasteiger partial charge is 0.508 e. The van der Waals surface area contributed by atoms with Crippen LogP contribution in [0.15, 0.2) is 88.8 Å². The molecule has 1 aromatic heterocycles. The third-order valence-electron chi connectivity index (χ3n) is 5.94. The number of thioether (sulfide) groups is 1. The number of thiazole rings is 1. The van der Waals surface area contributed by atoms with Gasteiger partial charge in [0.15, 0.2) is 5.13 Å². The predicted octanol–water partition coefficient (Wildman–Crippen LogP) is 5.10. The maximum atomic E-state index is 13.4. The molecule has 4 rings (SSSR count). The molecule has 232 valence electrons. The summed E-state index contributed by atoms with van der Waals surface area (Å²) in [6, 6.07) is 19.8. The number of carbonyl (C=O) groups excluding carboxylic acids is 4. The molecule has 0 aliphatic carbocycles. The molecule has 0 aliphatic heterocycles. The van der Waals surface area contributed by atoms with E-state index in [1.165, 1.54) is 48.4 Å². The summed E-state index contributed by atoms with van der Waals surface area (Å²) >= 11 is 2.47. The average molecular weight is 647 g/mol. The Morgan fingerprint density at radius 3 is 2.56 bits per heavy atom. The Balaban J connectivity index is 1.43. The normalized spacial score (nSPS) is 10.9. The molecule has 11 nitrogen and oxygen atoms in total. The number of ether oxygens (including phenoxy) is 2. The van der Waals surface area contributed by atoms with Crippen molar-refractivity contribution in [3.63, 3.8) is 0 Å². The Morgan fingerprint density at radius 1 is 1.00 bits per heavy atom. The molecule has 0 saturated carbocycles. The molecule has 0 fully saturated rings. The summed E-state index contributed by atoms with van der Waals surface area (Å²) in [5, 5.41) is 20.1. The first kappa shape index (κ1) is 32.8. The van der Waals surface area contributed by atoms with Gasteiger partial charge in [0.25, 0.3) is 11.8 Å². The van der Waals surface area contributed by atoms with Gasteiger partial charge in [-0.25, -0.2) is 4.98 Å². The molecule has 0 saturated heterocycles. The van der Waals surface area contributed by atoms with Crippen LogP contribution in [0.2, 0.25) is 0 Å². The monoisotopic (exact) mass is 646 g/mol. The van der Waals surface area contributed by atoms with E-state index in [-0.39, 0.29) is 42.1 Å². The first-order valence-electron chi connectivity index (χ1n) is 13.6. The molecule has 3 amide bonds. The lowest BCUT2D eigenvalue weighted by Crippen LogP contribution is -2.30. The van der Waals surface area contributed by atoms with Crippen molar-refractivity contribution in [3.8, 4) is 11.5 Å². The number of carbonyl (C=O) groups is 4. The highest BCUT2D eigenvalue weighted by atomic mass is 32.2. The fourth-order valence-corrected chi connectivity index (χ4v) is 5.37. The second-order valence-corrected chi connectivity index (χ2v) is 11.2. The Kier molecular flexibility index (Phi) is 11.7. The fraction of sp³-hybridized carbons (Fsp3) is 0.156. The van der Waals surface area contributed by atoms with Crippen molar-refractivity contribution in [1.82, 2.24) is 10.3 Å². The molecule has 0 spiro atoms. The molecule has 3 aromatic carbocycles. The zero-order valence-corrected chi connectivity index (χ0v) is 26.0. The average Bonchev–Trinajstić information content (AvgIpc) is 3.47. The summed E-state index contributed by atoms with van der Waals surface area (Å²) in [7, 11) is 1.43. The first-order chi connectivity index (χ1) is 21.7. The van der Waals surface area contributed by atoms with Crippen molar-refractivity contribution in [1.29, 1.82) is 0 Å². The molecule has 13 heteroatoms. The van der Waals surface area contributed by atoms with Crippen LogP contribution in [0, 0.1) is 0 Å². The minimum absolute atomic E-state index is 0.0169. The van der Waals surface area contributed by atoms with Crippen molar-refractivity contribution in [2.75, 3.05) is 30.1 Å². The summed E-state index contributed by atoms with van der Waals surface area (Å²) in [6.07, 6.45) is 1.48. The Hall–Kier alpha value is -5.14. The highest BCUT2D eigenvalue weighted by Crippen LogP contribution is 2.27. The van der Waals surface area contributed by atoms with E-state index in [0.717, 1.165) is 0 Å². The van der Waals surface area contributed by atoms with E-state index < -0.39 is 11.8 Å². The van der Waals surface area contributed by atoms with Crippen LogP contribution < -0.4 is 20.7 Å². The van der Waals surface area contributed by atoms with E-state index >= 15 is 0 Å². The molecule has 0 radical (unpaired) electrons. The standard InChI is InChI=1S/C32H30N4O7S2/c1-3-43-29(39)16-23-18-45-32(34-23)36-28(38)19-44-25-11-7-10-22(15-25)33-31(41)26(35-30(40)20-8-5-4-6-9-20)14-21-12-13-24(37)17-27(21)42-2/h4-15,17-18,37H,3,16,19H2,1-2H3,(H,33,41)(H,35,40)(H,34,36,38)/b26-14+. The third-order valence-corrected chi connectivity index (χ3v) is 7.74. The van der Waals surface area contributed by atoms with Crippen molar-refractivity contribution in [2.45, 2.75) is 18.2 Å². The van der Waals surface area contributed by atoms with Gasteiger partial charge in [-0.15, -0.1) is 23.1 Å². The van der Waals surface area contributed by atoms with Gasteiger partial charge in [0.1, 0.15) is 17.2 Å². The van der Waals surface area contributed by atoms with Gasteiger partial charge in [0.05, 0.1) is 31.6 Å². The number of amides is 3. The van der Waals surface area contributed by atoms with Crippen molar-refractivity contribution >= 4 is 63.7 Å². The molecule has 0 unspecified atom stereocenters. The fourth-order valence-electron chi connectivity index (χ4n) is 3.89.